The Morgan fingerprint density at radius 2 is 1.62 bits per heavy atom. The molecule has 1 aliphatic heterocycles. The van der Waals surface area contributed by atoms with Crippen LogP contribution in [0.3, 0.4) is 0 Å². The molecule has 1 unspecified atom stereocenters. The highest BCUT2D eigenvalue weighted by Crippen LogP contribution is 2.56. The molecule has 5 aliphatic carbocycles. The van der Waals surface area contributed by atoms with E-state index in [1.807, 2.05) is 6.20 Å². The molecule has 6 aliphatic rings. The number of nitrogens with one attached hydrogen (secondary N) is 2. The fourth-order valence-corrected chi connectivity index (χ4v) is 8.60. The van der Waals surface area contributed by atoms with E-state index in [2.05, 4.69) is 45.6 Å². The van der Waals surface area contributed by atoms with E-state index in [9.17, 15) is 4.79 Å². The molecule has 2 N–H and O–H groups in total. The Morgan fingerprint density at radius 1 is 0.969 bits per heavy atom. The Bertz CT molecular complexity index is 1000. The molecule has 168 valence electrons. The van der Waals surface area contributed by atoms with Gasteiger partial charge in [0.15, 0.2) is 0 Å². The maximum atomic E-state index is 13.7. The number of carbonyl (C=O) groups is 1. The minimum Gasteiger partial charge on any atom is -0.363 e. The van der Waals surface area contributed by atoms with E-state index in [1.165, 1.54) is 56.9 Å². The van der Waals surface area contributed by atoms with Crippen molar-refractivity contribution >= 4 is 11.7 Å². The van der Waals surface area contributed by atoms with Crippen LogP contribution in [0.5, 0.6) is 0 Å². The Balaban J connectivity index is 1.22. The molecule has 0 saturated heterocycles. The molecule has 1 amide bonds. The molecule has 1 aromatic carbocycles. The number of fused-ring (bicyclic) bond motifs is 2. The highest BCUT2D eigenvalue weighted by Gasteiger charge is 2.52. The van der Waals surface area contributed by atoms with Gasteiger partial charge in [0.25, 0.3) is 5.91 Å². The second-order valence-electron chi connectivity index (χ2n) is 11.7. The van der Waals surface area contributed by atoms with Crippen molar-refractivity contribution in [3.05, 3.63) is 47.7 Å². The fraction of sp³-hybridized carbons (Fsp3) is 0.630. The van der Waals surface area contributed by atoms with Crippen LogP contribution in [0.4, 0.5) is 5.82 Å². The van der Waals surface area contributed by atoms with Crippen LogP contribution in [-0.2, 0) is 5.54 Å². The molecular weight excluding hydrogens is 396 g/mol. The first-order valence-electron chi connectivity index (χ1n) is 12.8. The van der Waals surface area contributed by atoms with E-state index in [0.29, 0.717) is 0 Å². The normalized spacial score (nSPS) is 36.1. The van der Waals surface area contributed by atoms with Crippen LogP contribution in [0.25, 0.3) is 0 Å². The third-order valence-corrected chi connectivity index (χ3v) is 9.51. The maximum Gasteiger partial charge on any atom is 0.257 e. The van der Waals surface area contributed by atoms with Gasteiger partial charge in [0.05, 0.1) is 17.8 Å². The van der Waals surface area contributed by atoms with Gasteiger partial charge in [-0.1, -0.05) is 43.2 Å². The van der Waals surface area contributed by atoms with E-state index in [0.717, 1.165) is 48.4 Å². The van der Waals surface area contributed by atoms with E-state index >= 15 is 0 Å². The quantitative estimate of drug-likeness (QED) is 0.685. The summed E-state index contributed by atoms with van der Waals surface area (Å²) in [6.07, 6.45) is 15.4. The second kappa shape index (κ2) is 6.85. The molecule has 32 heavy (non-hydrogen) atoms. The molecule has 5 saturated carbocycles. The van der Waals surface area contributed by atoms with Crippen LogP contribution < -0.4 is 10.6 Å². The second-order valence-corrected chi connectivity index (χ2v) is 11.7. The molecule has 5 fully saturated rings. The van der Waals surface area contributed by atoms with Crippen LogP contribution in [0.2, 0.25) is 0 Å². The zero-order valence-electron chi connectivity index (χ0n) is 18.9. The van der Waals surface area contributed by atoms with Crippen LogP contribution in [0.15, 0.2) is 36.5 Å². The molecular formula is C27H34N4O. The third-order valence-electron chi connectivity index (χ3n) is 9.51. The van der Waals surface area contributed by atoms with E-state index in [4.69, 9.17) is 5.10 Å². The number of amides is 1. The number of carbonyl (C=O) groups excluding carboxylic acids is 1. The summed E-state index contributed by atoms with van der Waals surface area (Å²) in [5, 5.41) is 12.1. The third kappa shape index (κ3) is 2.89. The molecule has 2 aromatic rings. The highest BCUT2D eigenvalue weighted by atomic mass is 16.2. The van der Waals surface area contributed by atoms with E-state index < -0.39 is 0 Å². The number of anilines is 1. The van der Waals surface area contributed by atoms with Gasteiger partial charge >= 0.3 is 0 Å². The average Bonchev–Trinajstić information content (AvgIpc) is 3.41. The van der Waals surface area contributed by atoms with Gasteiger partial charge < -0.3 is 10.6 Å². The van der Waals surface area contributed by atoms with Crippen LogP contribution in [-0.4, -0.2) is 21.2 Å². The topological polar surface area (TPSA) is 59.0 Å². The van der Waals surface area contributed by atoms with Crippen molar-refractivity contribution in [1.29, 1.82) is 0 Å². The van der Waals surface area contributed by atoms with Crippen molar-refractivity contribution in [3.63, 3.8) is 0 Å². The van der Waals surface area contributed by atoms with Gasteiger partial charge in [0.1, 0.15) is 11.4 Å². The summed E-state index contributed by atoms with van der Waals surface area (Å²) < 4.78 is 2.19. The van der Waals surface area contributed by atoms with Crippen molar-refractivity contribution < 1.29 is 4.79 Å². The van der Waals surface area contributed by atoms with Gasteiger partial charge in [-0.15, -0.1) is 0 Å². The van der Waals surface area contributed by atoms with Crippen molar-refractivity contribution in [1.82, 2.24) is 15.1 Å². The zero-order valence-corrected chi connectivity index (χ0v) is 18.9. The van der Waals surface area contributed by atoms with Crippen molar-refractivity contribution in [2.45, 2.75) is 87.7 Å². The summed E-state index contributed by atoms with van der Waals surface area (Å²) in [6, 6.07) is 11.0. The minimum atomic E-state index is 0.0270. The molecule has 5 heteroatoms. The smallest absolute Gasteiger partial charge is 0.257 e. The van der Waals surface area contributed by atoms with E-state index in [1.54, 1.807) is 0 Å². The first-order valence-corrected chi connectivity index (χ1v) is 12.8. The van der Waals surface area contributed by atoms with Crippen molar-refractivity contribution in [2.24, 2.45) is 17.8 Å². The number of benzene rings is 1. The fourth-order valence-electron chi connectivity index (χ4n) is 8.60. The number of nitrogens with zero attached hydrogens (tertiary/aromatic N) is 2. The molecule has 4 bridgehead atoms. The predicted molar refractivity (Wildman–Crippen MR) is 124 cm³/mol. The molecule has 1 aromatic heterocycles. The maximum absolute atomic E-state index is 13.7. The Labute approximate surface area is 190 Å². The van der Waals surface area contributed by atoms with Gasteiger partial charge in [-0.3, -0.25) is 4.79 Å². The molecule has 2 heterocycles. The largest absolute Gasteiger partial charge is 0.363 e. The molecule has 1 atom stereocenters. The number of hydrogen-bond acceptors (Lipinski definition) is 3. The monoisotopic (exact) mass is 430 g/mol. The van der Waals surface area contributed by atoms with E-state index in [-0.39, 0.29) is 23.0 Å². The number of aromatic nitrogens is 2. The summed E-state index contributed by atoms with van der Waals surface area (Å²) in [7, 11) is 0. The highest BCUT2D eigenvalue weighted by molar-refractivity contribution is 5.99. The lowest BCUT2D eigenvalue weighted by Gasteiger charge is -2.56. The Kier molecular flexibility index (Phi) is 4.11. The lowest BCUT2D eigenvalue weighted by molar-refractivity contribution is -0.0166. The van der Waals surface area contributed by atoms with Crippen LogP contribution in [0, 0.1) is 17.8 Å². The van der Waals surface area contributed by atoms with Gasteiger partial charge in [-0.05, 0) is 81.1 Å². The van der Waals surface area contributed by atoms with Gasteiger partial charge in [0.2, 0.25) is 0 Å². The number of hydrogen-bond donors (Lipinski definition) is 2. The van der Waals surface area contributed by atoms with Crippen molar-refractivity contribution in [3.8, 4) is 0 Å². The number of rotatable bonds is 3. The SMILES string of the molecule is O=C(NC12CC3CC(CC(C3)C1)C2)c1cnn2c1NC(c1ccccc1)CC21CCCC1. The standard InChI is InChI=1S/C27H34N4O/c32-25(30-26-13-18-10-19(14-26)12-20(11-18)15-26)22-17-28-31-24(22)29-23(21-6-2-1-3-7-21)16-27(31)8-4-5-9-27/h1-3,6-7,17-20,23,29H,4-5,8-16H2,(H,30,32). The van der Waals surface area contributed by atoms with Gasteiger partial charge in [-0.2, -0.15) is 5.10 Å². The summed E-state index contributed by atoms with van der Waals surface area (Å²) in [5.41, 5.74) is 2.12. The lowest BCUT2D eigenvalue weighted by Crippen LogP contribution is -2.59. The lowest BCUT2D eigenvalue weighted by atomic mass is 9.53. The molecule has 5 nitrogen and oxygen atoms in total. The van der Waals surface area contributed by atoms with Gasteiger partial charge in [-0.25, -0.2) is 4.68 Å². The summed E-state index contributed by atoms with van der Waals surface area (Å²) in [5.74, 6) is 3.50. The Hall–Kier alpha value is -2.30. The summed E-state index contributed by atoms with van der Waals surface area (Å²) >= 11 is 0. The van der Waals surface area contributed by atoms with Gasteiger partial charge in [0, 0.05) is 5.54 Å². The first-order chi connectivity index (χ1) is 15.6. The zero-order chi connectivity index (χ0) is 21.3. The van der Waals surface area contributed by atoms with Crippen LogP contribution in [0.1, 0.15) is 92.6 Å². The molecule has 1 spiro atoms. The summed E-state index contributed by atoms with van der Waals surface area (Å²) in [4.78, 5) is 13.7. The summed E-state index contributed by atoms with van der Waals surface area (Å²) in [6.45, 7) is 0. The minimum absolute atomic E-state index is 0.0270. The average molecular weight is 431 g/mol. The first kappa shape index (κ1) is 19.2. The molecule has 0 radical (unpaired) electrons. The predicted octanol–water partition coefficient (Wildman–Crippen LogP) is 5.41. The van der Waals surface area contributed by atoms with Crippen molar-refractivity contribution in [2.75, 3.05) is 5.32 Å². The molecule has 8 rings (SSSR count). The Morgan fingerprint density at radius 3 is 2.28 bits per heavy atom. The van der Waals surface area contributed by atoms with Crippen LogP contribution >= 0.6 is 0 Å².